The minimum atomic E-state index is -0.671. The van der Waals surface area contributed by atoms with E-state index in [1.54, 1.807) is 52.9 Å². The average Bonchev–Trinajstić information content (AvgIpc) is 2.60. The SMILES string of the molecule is Fc1cccc(-c2ccc(Cl)c(CNc3c(F)ccc(I)c3F)c2)c1. The molecule has 0 saturated heterocycles. The molecule has 128 valence electrons. The maximum Gasteiger partial charge on any atom is 0.162 e. The first-order chi connectivity index (χ1) is 12.0. The van der Waals surface area contributed by atoms with Gasteiger partial charge in [0, 0.05) is 11.6 Å². The molecule has 0 atom stereocenters. The fraction of sp³-hybridized carbons (Fsp3) is 0.0526. The Labute approximate surface area is 162 Å². The molecule has 3 aromatic rings. The number of anilines is 1. The quantitative estimate of drug-likeness (QED) is 0.331. The number of halogens is 5. The fourth-order valence-electron chi connectivity index (χ4n) is 2.43. The molecule has 0 fully saturated rings. The molecule has 0 amide bonds. The van der Waals surface area contributed by atoms with Crippen LogP contribution in [-0.4, -0.2) is 0 Å². The second-order valence-corrected chi connectivity index (χ2v) is 6.96. The monoisotopic (exact) mass is 473 g/mol. The fourth-order valence-corrected chi connectivity index (χ4v) is 3.06. The molecule has 0 radical (unpaired) electrons. The Balaban J connectivity index is 1.89. The van der Waals surface area contributed by atoms with E-state index in [-0.39, 0.29) is 18.0 Å². The molecule has 3 rings (SSSR count). The summed E-state index contributed by atoms with van der Waals surface area (Å²) in [7, 11) is 0. The molecule has 3 aromatic carbocycles. The summed E-state index contributed by atoms with van der Waals surface area (Å²) >= 11 is 7.99. The lowest BCUT2D eigenvalue weighted by Gasteiger charge is -2.12. The van der Waals surface area contributed by atoms with Crippen molar-refractivity contribution in [1.82, 2.24) is 0 Å². The Morgan fingerprint density at radius 2 is 1.68 bits per heavy atom. The van der Waals surface area contributed by atoms with Gasteiger partial charge in [-0.3, -0.25) is 0 Å². The summed E-state index contributed by atoms with van der Waals surface area (Å²) in [6.07, 6.45) is 0. The van der Waals surface area contributed by atoms with E-state index >= 15 is 0 Å². The molecule has 6 heteroatoms. The number of hydrogen-bond donors (Lipinski definition) is 1. The third-order valence-electron chi connectivity index (χ3n) is 3.70. The van der Waals surface area contributed by atoms with Crippen molar-refractivity contribution in [2.24, 2.45) is 0 Å². The predicted octanol–water partition coefficient (Wildman–Crippen LogP) is 6.64. The highest BCUT2D eigenvalue weighted by molar-refractivity contribution is 14.1. The molecule has 0 heterocycles. The van der Waals surface area contributed by atoms with Crippen LogP contribution in [0, 0.1) is 21.0 Å². The standard InChI is InChI=1S/C19H12ClF3IN/c20-15-5-4-12(11-2-1-3-14(21)9-11)8-13(15)10-25-19-16(22)6-7-17(24)18(19)23/h1-9,25H,10H2. The lowest BCUT2D eigenvalue weighted by atomic mass is 10.0. The van der Waals surface area contributed by atoms with Gasteiger partial charge in [0.05, 0.1) is 3.57 Å². The number of rotatable bonds is 4. The molecular weight excluding hydrogens is 462 g/mol. The summed E-state index contributed by atoms with van der Waals surface area (Å²) in [5, 5.41) is 3.21. The summed E-state index contributed by atoms with van der Waals surface area (Å²) in [6, 6.07) is 14.0. The smallest absolute Gasteiger partial charge is 0.162 e. The average molecular weight is 474 g/mol. The molecule has 1 N–H and O–H groups in total. The van der Waals surface area contributed by atoms with Gasteiger partial charge in [-0.05, 0) is 75.7 Å². The van der Waals surface area contributed by atoms with Crippen LogP contribution in [0.1, 0.15) is 5.56 Å². The van der Waals surface area contributed by atoms with Crippen LogP contribution in [-0.2, 0) is 6.54 Å². The minimum Gasteiger partial charge on any atom is -0.376 e. The first kappa shape index (κ1) is 18.1. The van der Waals surface area contributed by atoms with Crippen LogP contribution < -0.4 is 5.32 Å². The van der Waals surface area contributed by atoms with E-state index in [0.29, 0.717) is 19.7 Å². The molecule has 0 aliphatic heterocycles. The molecule has 0 bridgehead atoms. The Kier molecular flexibility index (Phi) is 5.54. The highest BCUT2D eigenvalue weighted by Crippen LogP contribution is 2.28. The Morgan fingerprint density at radius 3 is 2.44 bits per heavy atom. The van der Waals surface area contributed by atoms with E-state index in [1.807, 2.05) is 0 Å². The van der Waals surface area contributed by atoms with E-state index in [1.165, 1.54) is 24.3 Å². The second-order valence-electron chi connectivity index (χ2n) is 5.39. The number of nitrogens with one attached hydrogen (secondary N) is 1. The zero-order valence-corrected chi connectivity index (χ0v) is 15.7. The van der Waals surface area contributed by atoms with Crippen molar-refractivity contribution in [3.8, 4) is 11.1 Å². The predicted molar refractivity (Wildman–Crippen MR) is 103 cm³/mol. The van der Waals surface area contributed by atoms with Crippen LogP contribution in [0.4, 0.5) is 18.9 Å². The zero-order valence-electron chi connectivity index (χ0n) is 12.8. The van der Waals surface area contributed by atoms with Crippen molar-refractivity contribution >= 4 is 39.9 Å². The molecule has 1 nitrogen and oxygen atoms in total. The first-order valence-corrected chi connectivity index (χ1v) is 8.83. The maximum absolute atomic E-state index is 14.1. The van der Waals surface area contributed by atoms with Crippen molar-refractivity contribution in [2.75, 3.05) is 5.32 Å². The minimum absolute atomic E-state index is 0.135. The largest absolute Gasteiger partial charge is 0.376 e. The summed E-state index contributed by atoms with van der Waals surface area (Å²) in [5.41, 5.74) is 1.93. The van der Waals surface area contributed by atoms with Gasteiger partial charge in [-0.25, -0.2) is 13.2 Å². The van der Waals surface area contributed by atoms with Crippen LogP contribution in [0.5, 0.6) is 0 Å². The highest BCUT2D eigenvalue weighted by atomic mass is 127. The van der Waals surface area contributed by atoms with Gasteiger partial charge in [0.15, 0.2) is 5.82 Å². The molecule has 0 spiro atoms. The Bertz CT molecular complexity index is 931. The van der Waals surface area contributed by atoms with Gasteiger partial charge in [-0.2, -0.15) is 0 Å². The molecule has 0 aromatic heterocycles. The van der Waals surface area contributed by atoms with Gasteiger partial charge in [-0.1, -0.05) is 29.8 Å². The van der Waals surface area contributed by atoms with Crippen molar-refractivity contribution in [1.29, 1.82) is 0 Å². The molecule has 0 unspecified atom stereocenters. The van der Waals surface area contributed by atoms with Crippen LogP contribution in [0.15, 0.2) is 54.6 Å². The van der Waals surface area contributed by atoms with Crippen molar-refractivity contribution in [3.63, 3.8) is 0 Å². The van der Waals surface area contributed by atoms with Crippen molar-refractivity contribution < 1.29 is 13.2 Å². The third-order valence-corrected chi connectivity index (χ3v) is 4.91. The molecule has 0 saturated carbocycles. The summed E-state index contributed by atoms with van der Waals surface area (Å²) in [6.45, 7) is 0.135. The molecular formula is C19H12ClF3IN. The van der Waals surface area contributed by atoms with Gasteiger partial charge in [0.1, 0.15) is 17.3 Å². The second kappa shape index (κ2) is 7.66. The summed E-state index contributed by atoms with van der Waals surface area (Å²) < 4.78 is 41.6. The van der Waals surface area contributed by atoms with E-state index < -0.39 is 11.6 Å². The number of hydrogen-bond acceptors (Lipinski definition) is 1. The number of benzene rings is 3. The molecule has 25 heavy (non-hydrogen) atoms. The van der Waals surface area contributed by atoms with Gasteiger partial charge < -0.3 is 5.32 Å². The van der Waals surface area contributed by atoms with Crippen LogP contribution in [0.2, 0.25) is 5.02 Å². The first-order valence-electron chi connectivity index (χ1n) is 7.37. The van der Waals surface area contributed by atoms with E-state index in [0.717, 1.165) is 5.56 Å². The topological polar surface area (TPSA) is 12.0 Å². The van der Waals surface area contributed by atoms with E-state index in [4.69, 9.17) is 11.6 Å². The molecule has 0 aliphatic rings. The van der Waals surface area contributed by atoms with Crippen molar-refractivity contribution in [2.45, 2.75) is 6.54 Å². The third kappa shape index (κ3) is 4.10. The summed E-state index contributed by atoms with van der Waals surface area (Å²) in [4.78, 5) is 0. The van der Waals surface area contributed by atoms with Gasteiger partial charge in [-0.15, -0.1) is 0 Å². The van der Waals surface area contributed by atoms with Gasteiger partial charge in [0.2, 0.25) is 0 Å². The van der Waals surface area contributed by atoms with Crippen molar-refractivity contribution in [3.05, 3.63) is 86.2 Å². The maximum atomic E-state index is 14.1. The lowest BCUT2D eigenvalue weighted by molar-refractivity contribution is 0.583. The highest BCUT2D eigenvalue weighted by Gasteiger charge is 2.13. The normalized spacial score (nSPS) is 10.8. The lowest BCUT2D eigenvalue weighted by Crippen LogP contribution is -2.05. The van der Waals surface area contributed by atoms with Gasteiger partial charge >= 0.3 is 0 Å². The van der Waals surface area contributed by atoms with Crippen LogP contribution >= 0.6 is 34.2 Å². The zero-order chi connectivity index (χ0) is 18.0. The van der Waals surface area contributed by atoms with Crippen LogP contribution in [0.3, 0.4) is 0 Å². The van der Waals surface area contributed by atoms with Gasteiger partial charge in [0.25, 0.3) is 0 Å². The molecule has 0 aliphatic carbocycles. The van der Waals surface area contributed by atoms with E-state index in [9.17, 15) is 13.2 Å². The Morgan fingerprint density at radius 1 is 0.920 bits per heavy atom. The Hall–Kier alpha value is -1.73. The van der Waals surface area contributed by atoms with E-state index in [2.05, 4.69) is 5.32 Å². The summed E-state index contributed by atoms with van der Waals surface area (Å²) in [5.74, 6) is -1.65. The van der Waals surface area contributed by atoms with Crippen LogP contribution in [0.25, 0.3) is 11.1 Å².